The first kappa shape index (κ1) is 14.2. The van der Waals surface area contributed by atoms with Crippen molar-refractivity contribution in [2.75, 3.05) is 18.6 Å². The number of hydrogen-bond donors (Lipinski definition) is 1. The first-order chi connectivity index (χ1) is 9.90. The number of thiazole rings is 1. The van der Waals surface area contributed by atoms with Gasteiger partial charge < -0.3 is 4.74 Å². The third-order valence-electron chi connectivity index (χ3n) is 3.38. The molecule has 0 aliphatic carbocycles. The fourth-order valence-electron chi connectivity index (χ4n) is 2.27. The Bertz CT molecular complexity index is 815. The minimum atomic E-state index is -3.73. The van der Waals surface area contributed by atoms with E-state index in [1.54, 1.807) is 13.2 Å². The first-order valence-corrected chi connectivity index (χ1v) is 8.58. The van der Waals surface area contributed by atoms with E-state index in [0.29, 0.717) is 16.4 Å². The molecule has 1 aliphatic heterocycles. The number of amides is 1. The van der Waals surface area contributed by atoms with Crippen LogP contribution in [0, 0.1) is 0 Å². The number of ether oxygens (including phenoxy) is 1. The Balaban J connectivity index is 2.00. The molecule has 1 amide bonds. The van der Waals surface area contributed by atoms with Crippen LogP contribution in [0.15, 0.2) is 18.2 Å². The predicted octanol–water partition coefficient (Wildman–Crippen LogP) is 0.699. The molecule has 9 heteroatoms. The standard InChI is InChI=1S/C12H13N3O4S2/c1-19-8-3-2-4-9-11(8)14-12(20-9)15-6-7(5-10(15)16)21(13,17)18/h2-4,7H,5-6H2,1H3,(H2,13,17,18). The number of fused-ring (bicyclic) bond motifs is 1. The lowest BCUT2D eigenvalue weighted by Crippen LogP contribution is -2.32. The Hall–Kier alpha value is -1.71. The van der Waals surface area contributed by atoms with Crippen LogP contribution in [0.3, 0.4) is 0 Å². The van der Waals surface area contributed by atoms with Crippen LogP contribution in [-0.4, -0.2) is 38.2 Å². The van der Waals surface area contributed by atoms with Crippen LogP contribution in [0.1, 0.15) is 6.42 Å². The van der Waals surface area contributed by atoms with Gasteiger partial charge in [-0.25, -0.2) is 18.5 Å². The molecule has 0 bridgehead atoms. The maximum atomic E-state index is 12.0. The van der Waals surface area contributed by atoms with Gasteiger partial charge in [-0.05, 0) is 12.1 Å². The van der Waals surface area contributed by atoms with Crippen LogP contribution in [0.25, 0.3) is 10.2 Å². The summed E-state index contributed by atoms with van der Waals surface area (Å²) >= 11 is 1.32. The number of aromatic nitrogens is 1. The van der Waals surface area contributed by atoms with Crippen molar-refractivity contribution in [3.8, 4) is 5.75 Å². The van der Waals surface area contributed by atoms with Crippen LogP contribution in [0.4, 0.5) is 5.13 Å². The zero-order valence-electron chi connectivity index (χ0n) is 11.1. The van der Waals surface area contributed by atoms with Gasteiger partial charge in [-0.15, -0.1) is 0 Å². The summed E-state index contributed by atoms with van der Waals surface area (Å²) < 4.78 is 28.9. The quantitative estimate of drug-likeness (QED) is 0.894. The SMILES string of the molecule is COc1cccc2sc(N3CC(S(N)(=O)=O)CC3=O)nc12. The summed E-state index contributed by atoms with van der Waals surface area (Å²) in [5, 5.41) is 4.71. The van der Waals surface area contributed by atoms with Gasteiger partial charge in [0.15, 0.2) is 5.13 Å². The molecule has 1 fully saturated rings. The van der Waals surface area contributed by atoms with Gasteiger partial charge in [0.2, 0.25) is 15.9 Å². The summed E-state index contributed by atoms with van der Waals surface area (Å²) in [6.07, 6.45) is -0.105. The van der Waals surface area contributed by atoms with E-state index in [9.17, 15) is 13.2 Å². The molecule has 1 atom stereocenters. The molecular formula is C12H13N3O4S2. The zero-order chi connectivity index (χ0) is 15.2. The van der Waals surface area contributed by atoms with Gasteiger partial charge in [0.05, 0.1) is 11.8 Å². The van der Waals surface area contributed by atoms with Crippen LogP contribution < -0.4 is 14.8 Å². The Morgan fingerprint density at radius 2 is 2.24 bits per heavy atom. The fraction of sp³-hybridized carbons (Fsp3) is 0.333. The van der Waals surface area contributed by atoms with Gasteiger partial charge in [-0.3, -0.25) is 9.69 Å². The molecule has 112 valence electrons. The molecule has 1 aromatic carbocycles. The van der Waals surface area contributed by atoms with E-state index in [-0.39, 0.29) is 18.9 Å². The number of para-hydroxylation sites is 1. The summed E-state index contributed by atoms with van der Waals surface area (Å²) in [4.78, 5) is 17.8. The van der Waals surface area contributed by atoms with E-state index in [1.807, 2.05) is 12.1 Å². The summed E-state index contributed by atoms with van der Waals surface area (Å²) in [6, 6.07) is 5.49. The molecule has 1 saturated heterocycles. The third-order valence-corrected chi connectivity index (χ3v) is 5.66. The number of primary sulfonamides is 1. The van der Waals surface area contributed by atoms with Crippen molar-refractivity contribution in [3.05, 3.63) is 18.2 Å². The molecule has 7 nitrogen and oxygen atoms in total. The molecule has 21 heavy (non-hydrogen) atoms. The molecule has 1 aliphatic rings. The molecule has 2 heterocycles. The summed E-state index contributed by atoms with van der Waals surface area (Å²) in [7, 11) is -2.18. The molecule has 0 spiro atoms. The van der Waals surface area contributed by atoms with Crippen molar-refractivity contribution in [1.29, 1.82) is 0 Å². The number of hydrogen-bond acceptors (Lipinski definition) is 6. The highest BCUT2D eigenvalue weighted by molar-refractivity contribution is 7.89. The molecule has 2 N–H and O–H groups in total. The van der Waals surface area contributed by atoms with Crippen LogP contribution in [0.2, 0.25) is 0 Å². The minimum absolute atomic E-state index is 0.0415. The second kappa shape index (κ2) is 4.93. The number of carbonyl (C=O) groups is 1. The van der Waals surface area contributed by atoms with E-state index < -0.39 is 15.3 Å². The lowest BCUT2D eigenvalue weighted by Gasteiger charge is -2.11. The van der Waals surface area contributed by atoms with E-state index in [1.165, 1.54) is 16.2 Å². The largest absolute Gasteiger partial charge is 0.494 e. The highest BCUT2D eigenvalue weighted by atomic mass is 32.2. The van der Waals surface area contributed by atoms with Gasteiger partial charge in [0, 0.05) is 13.0 Å². The molecule has 1 unspecified atom stereocenters. The Morgan fingerprint density at radius 3 is 2.86 bits per heavy atom. The lowest BCUT2D eigenvalue weighted by atomic mass is 10.3. The average molecular weight is 327 g/mol. The first-order valence-electron chi connectivity index (χ1n) is 6.15. The van der Waals surface area contributed by atoms with Crippen molar-refractivity contribution in [3.63, 3.8) is 0 Å². The van der Waals surface area contributed by atoms with Gasteiger partial charge >= 0.3 is 0 Å². The Labute approximate surface area is 125 Å². The highest BCUT2D eigenvalue weighted by Gasteiger charge is 2.38. The Morgan fingerprint density at radius 1 is 1.48 bits per heavy atom. The number of carbonyl (C=O) groups excluding carboxylic acids is 1. The highest BCUT2D eigenvalue weighted by Crippen LogP contribution is 2.36. The van der Waals surface area contributed by atoms with Crippen LogP contribution >= 0.6 is 11.3 Å². The predicted molar refractivity (Wildman–Crippen MR) is 80.0 cm³/mol. The van der Waals surface area contributed by atoms with Crippen molar-refractivity contribution in [2.45, 2.75) is 11.7 Å². The summed E-state index contributed by atoms with van der Waals surface area (Å²) in [5.74, 6) is 0.330. The van der Waals surface area contributed by atoms with E-state index in [2.05, 4.69) is 4.98 Å². The number of nitrogens with zero attached hydrogens (tertiary/aromatic N) is 2. The maximum absolute atomic E-state index is 12.0. The number of methoxy groups -OCH3 is 1. The second-order valence-corrected chi connectivity index (χ2v) is 7.58. The smallest absolute Gasteiger partial charge is 0.230 e. The number of anilines is 1. The average Bonchev–Trinajstić information content (AvgIpc) is 3.00. The number of sulfonamides is 1. The minimum Gasteiger partial charge on any atom is -0.494 e. The van der Waals surface area contributed by atoms with E-state index in [4.69, 9.17) is 9.88 Å². The van der Waals surface area contributed by atoms with Gasteiger partial charge in [-0.2, -0.15) is 0 Å². The molecule has 0 radical (unpaired) electrons. The second-order valence-electron chi connectivity index (χ2n) is 4.72. The van der Waals surface area contributed by atoms with E-state index in [0.717, 1.165) is 4.70 Å². The molecular weight excluding hydrogens is 314 g/mol. The van der Waals surface area contributed by atoms with E-state index >= 15 is 0 Å². The molecule has 3 rings (SSSR count). The van der Waals surface area contributed by atoms with Crippen molar-refractivity contribution in [1.82, 2.24) is 4.98 Å². The van der Waals surface area contributed by atoms with Gasteiger partial charge in [0.25, 0.3) is 0 Å². The van der Waals surface area contributed by atoms with Crippen LogP contribution in [0.5, 0.6) is 5.75 Å². The lowest BCUT2D eigenvalue weighted by molar-refractivity contribution is -0.117. The van der Waals surface area contributed by atoms with Gasteiger partial charge in [0.1, 0.15) is 16.5 Å². The third kappa shape index (κ3) is 2.47. The normalized spacial score (nSPS) is 19.4. The van der Waals surface area contributed by atoms with Gasteiger partial charge in [-0.1, -0.05) is 17.4 Å². The summed E-state index contributed by atoms with van der Waals surface area (Å²) in [6.45, 7) is 0.0415. The number of rotatable bonds is 3. The van der Waals surface area contributed by atoms with Crippen molar-refractivity contribution in [2.24, 2.45) is 5.14 Å². The fourth-order valence-corrected chi connectivity index (χ4v) is 4.01. The monoisotopic (exact) mass is 327 g/mol. The molecule has 1 aromatic heterocycles. The Kier molecular flexibility index (Phi) is 3.34. The van der Waals surface area contributed by atoms with Crippen molar-refractivity contribution < 1.29 is 17.9 Å². The van der Waals surface area contributed by atoms with Crippen molar-refractivity contribution >= 4 is 42.6 Å². The zero-order valence-corrected chi connectivity index (χ0v) is 12.8. The maximum Gasteiger partial charge on any atom is 0.230 e. The van der Waals surface area contributed by atoms with Crippen LogP contribution in [-0.2, 0) is 14.8 Å². The molecule has 0 saturated carbocycles. The molecule has 2 aromatic rings. The topological polar surface area (TPSA) is 103 Å². The number of nitrogens with two attached hydrogens (primary N) is 1. The number of benzene rings is 1. The summed E-state index contributed by atoms with van der Waals surface area (Å²) in [5.41, 5.74) is 0.659.